The first-order valence-electron chi connectivity index (χ1n) is 8.81. The molecule has 0 spiro atoms. The molecule has 0 heterocycles. The summed E-state index contributed by atoms with van der Waals surface area (Å²) in [4.78, 5) is 24.0. The van der Waals surface area contributed by atoms with Gasteiger partial charge in [0.1, 0.15) is 0 Å². The predicted octanol–water partition coefficient (Wildman–Crippen LogP) is 4.07. The van der Waals surface area contributed by atoms with Crippen LogP contribution in [0.4, 0.5) is 10.1 Å². The summed E-state index contributed by atoms with van der Waals surface area (Å²) >= 11 is 0. The third kappa shape index (κ3) is 5.81. The highest BCUT2D eigenvalue weighted by Crippen LogP contribution is 2.26. The van der Waals surface area contributed by atoms with Gasteiger partial charge in [0.15, 0.2) is 18.2 Å². The van der Waals surface area contributed by atoms with Gasteiger partial charge in [-0.2, -0.15) is 0 Å². The number of rotatable bonds is 8. The van der Waals surface area contributed by atoms with Crippen LogP contribution in [0.2, 0.25) is 0 Å². The van der Waals surface area contributed by atoms with Crippen molar-refractivity contribution in [2.45, 2.75) is 32.6 Å². The smallest absolute Gasteiger partial charge is 0.310 e. The van der Waals surface area contributed by atoms with Crippen LogP contribution in [-0.4, -0.2) is 25.6 Å². The number of ether oxygens (including phenoxy) is 2. The lowest BCUT2D eigenvalue weighted by atomic mass is 9.97. The Morgan fingerprint density at radius 3 is 2.59 bits per heavy atom. The number of hydrogen-bond acceptors (Lipinski definition) is 4. The molecule has 0 radical (unpaired) electrons. The van der Waals surface area contributed by atoms with Crippen LogP contribution in [0.3, 0.4) is 0 Å². The molecule has 27 heavy (non-hydrogen) atoms. The van der Waals surface area contributed by atoms with Gasteiger partial charge < -0.3 is 14.8 Å². The molecule has 0 aromatic heterocycles. The van der Waals surface area contributed by atoms with Gasteiger partial charge in [-0.25, -0.2) is 4.39 Å². The Bertz CT molecular complexity index is 807. The zero-order valence-corrected chi connectivity index (χ0v) is 15.8. The fourth-order valence-corrected chi connectivity index (χ4v) is 2.63. The number of amides is 1. The van der Waals surface area contributed by atoms with Gasteiger partial charge in [0.25, 0.3) is 5.91 Å². The van der Waals surface area contributed by atoms with Gasteiger partial charge in [-0.1, -0.05) is 38.1 Å². The monoisotopic (exact) mass is 373 g/mol. The molecule has 2 aromatic carbocycles. The van der Waals surface area contributed by atoms with Crippen LogP contribution in [0.15, 0.2) is 42.5 Å². The average molecular weight is 373 g/mol. The summed E-state index contributed by atoms with van der Waals surface area (Å²) in [5, 5.41) is 2.78. The highest BCUT2D eigenvalue weighted by atomic mass is 19.1. The first-order chi connectivity index (χ1) is 12.9. The summed E-state index contributed by atoms with van der Waals surface area (Å²) < 4.78 is 23.5. The van der Waals surface area contributed by atoms with E-state index in [1.165, 1.54) is 19.2 Å². The van der Waals surface area contributed by atoms with E-state index in [-0.39, 0.29) is 12.2 Å². The van der Waals surface area contributed by atoms with Crippen LogP contribution in [-0.2, 0) is 20.7 Å². The largest absolute Gasteiger partial charge is 0.494 e. The van der Waals surface area contributed by atoms with E-state index >= 15 is 0 Å². The van der Waals surface area contributed by atoms with E-state index in [9.17, 15) is 14.0 Å². The van der Waals surface area contributed by atoms with Crippen molar-refractivity contribution in [3.05, 3.63) is 59.4 Å². The lowest BCUT2D eigenvalue weighted by molar-refractivity contribution is -0.146. The van der Waals surface area contributed by atoms with Crippen LogP contribution in [0.1, 0.15) is 37.3 Å². The zero-order valence-electron chi connectivity index (χ0n) is 15.8. The molecule has 0 aliphatic rings. The zero-order chi connectivity index (χ0) is 19.8. The number of methoxy groups -OCH3 is 1. The highest BCUT2D eigenvalue weighted by Gasteiger charge is 2.13. The third-order valence-corrected chi connectivity index (χ3v) is 4.31. The number of esters is 1. The van der Waals surface area contributed by atoms with Crippen LogP contribution in [0, 0.1) is 5.82 Å². The summed E-state index contributed by atoms with van der Waals surface area (Å²) in [5.74, 6) is -1.17. The molecule has 2 aromatic rings. The topological polar surface area (TPSA) is 64.6 Å². The van der Waals surface area contributed by atoms with E-state index < -0.39 is 24.3 Å². The van der Waals surface area contributed by atoms with Crippen molar-refractivity contribution in [3.63, 3.8) is 0 Å². The molecule has 0 aliphatic carbocycles. The molecule has 0 saturated heterocycles. The molecule has 6 heteroatoms. The number of hydrogen-bond donors (Lipinski definition) is 1. The minimum Gasteiger partial charge on any atom is -0.494 e. The summed E-state index contributed by atoms with van der Waals surface area (Å²) in [7, 11) is 1.37. The lowest BCUT2D eigenvalue weighted by Gasteiger charge is -2.15. The summed E-state index contributed by atoms with van der Waals surface area (Å²) in [6.45, 7) is 3.76. The van der Waals surface area contributed by atoms with Gasteiger partial charge in [-0.3, -0.25) is 9.59 Å². The minimum atomic E-state index is -0.607. The van der Waals surface area contributed by atoms with Crippen LogP contribution in [0.25, 0.3) is 0 Å². The number of benzene rings is 2. The predicted molar refractivity (Wildman–Crippen MR) is 101 cm³/mol. The Morgan fingerprint density at radius 2 is 1.93 bits per heavy atom. The van der Waals surface area contributed by atoms with Crippen LogP contribution in [0.5, 0.6) is 5.75 Å². The summed E-state index contributed by atoms with van der Waals surface area (Å²) in [6, 6.07) is 11.8. The van der Waals surface area contributed by atoms with E-state index in [1.807, 2.05) is 24.3 Å². The van der Waals surface area contributed by atoms with Crippen molar-refractivity contribution in [2.75, 3.05) is 19.0 Å². The van der Waals surface area contributed by atoms with Gasteiger partial charge in [-0.05, 0) is 41.7 Å². The molecule has 0 saturated carbocycles. The third-order valence-electron chi connectivity index (χ3n) is 4.31. The van der Waals surface area contributed by atoms with Gasteiger partial charge in [0.05, 0.1) is 13.5 Å². The lowest BCUT2D eigenvalue weighted by Crippen LogP contribution is -2.22. The second kappa shape index (κ2) is 9.71. The molecule has 0 fully saturated rings. The van der Waals surface area contributed by atoms with Crippen molar-refractivity contribution >= 4 is 17.6 Å². The number of carbonyl (C=O) groups is 2. The van der Waals surface area contributed by atoms with Gasteiger partial charge in [0, 0.05) is 5.69 Å². The summed E-state index contributed by atoms with van der Waals surface area (Å²) in [6.07, 6.45) is 0.817. The molecular formula is C21H24FNO4. The van der Waals surface area contributed by atoms with Crippen molar-refractivity contribution in [3.8, 4) is 5.75 Å². The number of para-hydroxylation sites is 1. The first-order valence-corrected chi connectivity index (χ1v) is 8.81. The molecule has 144 valence electrons. The van der Waals surface area contributed by atoms with Crippen molar-refractivity contribution in [1.29, 1.82) is 0 Å². The maximum Gasteiger partial charge on any atom is 0.310 e. The summed E-state index contributed by atoms with van der Waals surface area (Å²) in [5.41, 5.74) is 2.19. The Labute approximate surface area is 158 Å². The number of anilines is 1. The molecule has 5 nitrogen and oxygen atoms in total. The normalized spacial score (nSPS) is 11.6. The van der Waals surface area contributed by atoms with Crippen LogP contribution < -0.4 is 10.1 Å². The number of halogens is 1. The van der Waals surface area contributed by atoms with Crippen molar-refractivity contribution in [1.82, 2.24) is 0 Å². The maximum absolute atomic E-state index is 13.6. The van der Waals surface area contributed by atoms with Crippen LogP contribution >= 0.6 is 0 Å². The molecule has 2 rings (SSSR count). The quantitative estimate of drug-likeness (QED) is 0.709. The Morgan fingerprint density at radius 1 is 1.19 bits per heavy atom. The fourth-order valence-electron chi connectivity index (χ4n) is 2.63. The molecule has 1 atom stereocenters. The van der Waals surface area contributed by atoms with Gasteiger partial charge >= 0.3 is 5.97 Å². The maximum atomic E-state index is 13.6. The van der Waals surface area contributed by atoms with E-state index in [0.717, 1.165) is 12.0 Å². The van der Waals surface area contributed by atoms with Gasteiger partial charge in [-0.15, -0.1) is 0 Å². The van der Waals surface area contributed by atoms with Crippen molar-refractivity contribution in [2.24, 2.45) is 0 Å². The molecule has 1 amide bonds. The SMILES string of the molecule is CC[C@H](C)c1ccccc1NC(=O)COC(=O)Cc1ccc(OC)c(F)c1. The Hall–Kier alpha value is -2.89. The average Bonchev–Trinajstić information content (AvgIpc) is 2.66. The van der Waals surface area contributed by atoms with E-state index in [1.54, 1.807) is 6.07 Å². The highest BCUT2D eigenvalue weighted by molar-refractivity contribution is 5.93. The molecule has 0 aliphatic heterocycles. The second-order valence-electron chi connectivity index (χ2n) is 6.25. The standard InChI is InChI=1S/C21H24FNO4/c1-4-14(2)16-7-5-6-8-18(16)23-20(24)13-27-21(25)12-15-9-10-19(26-3)17(22)11-15/h5-11,14H,4,12-13H2,1-3H3,(H,23,24)/t14-/m0/s1. The first kappa shape index (κ1) is 20.4. The molecule has 1 N–H and O–H groups in total. The Balaban J connectivity index is 1.89. The molecule has 0 unspecified atom stereocenters. The van der Waals surface area contributed by atoms with E-state index in [4.69, 9.17) is 9.47 Å². The van der Waals surface area contributed by atoms with E-state index in [2.05, 4.69) is 19.2 Å². The fraction of sp³-hybridized carbons (Fsp3) is 0.333. The number of nitrogens with one attached hydrogen (secondary N) is 1. The van der Waals surface area contributed by atoms with Crippen molar-refractivity contribution < 1.29 is 23.5 Å². The molecule has 0 bridgehead atoms. The Kier molecular flexibility index (Phi) is 7.34. The second-order valence-corrected chi connectivity index (χ2v) is 6.25. The molecular weight excluding hydrogens is 349 g/mol. The number of carbonyl (C=O) groups excluding carboxylic acids is 2. The minimum absolute atomic E-state index is 0.103. The van der Waals surface area contributed by atoms with Gasteiger partial charge in [0.2, 0.25) is 0 Å². The van der Waals surface area contributed by atoms with E-state index in [0.29, 0.717) is 17.2 Å².